The fourth-order valence-corrected chi connectivity index (χ4v) is 2.68. The third-order valence-electron chi connectivity index (χ3n) is 2.00. The topological polar surface area (TPSA) is 82.3 Å². The first-order chi connectivity index (χ1) is 7.58. The molecule has 0 aliphatic rings. The van der Waals surface area contributed by atoms with Crippen LogP contribution in [0, 0.1) is 10.1 Å². The van der Waals surface area contributed by atoms with Crippen LogP contribution in [-0.2, 0) is 0 Å². The number of nitro groups is 1. The summed E-state index contributed by atoms with van der Waals surface area (Å²) in [7, 11) is 0. The van der Waals surface area contributed by atoms with E-state index in [-0.39, 0.29) is 5.88 Å². The Bertz CT molecular complexity index is 522. The molecule has 1 atom stereocenters. The van der Waals surface area contributed by atoms with E-state index in [1.807, 2.05) is 12.1 Å². The van der Waals surface area contributed by atoms with Crippen molar-refractivity contribution in [3.05, 3.63) is 48.8 Å². The first-order valence-electron chi connectivity index (χ1n) is 4.33. The molecule has 2 heterocycles. The van der Waals surface area contributed by atoms with Gasteiger partial charge < -0.3 is 10.2 Å². The lowest BCUT2D eigenvalue weighted by Gasteiger charge is -2.04. The molecule has 0 aliphatic carbocycles. The molecule has 2 aromatic heterocycles. The second-order valence-corrected chi connectivity index (χ2v) is 5.55. The number of halogens is 1. The predicted molar refractivity (Wildman–Crippen MR) is 63.4 cm³/mol. The van der Waals surface area contributed by atoms with Gasteiger partial charge in [-0.25, -0.2) is 0 Å². The highest BCUT2D eigenvalue weighted by atomic mass is 79.9. The number of nitrogens with two attached hydrogens (primary N) is 1. The Hall–Kier alpha value is -1.18. The molecule has 1 unspecified atom stereocenters. The lowest BCUT2D eigenvalue weighted by atomic mass is 10.2. The summed E-state index contributed by atoms with van der Waals surface area (Å²) >= 11 is 4.80. The molecule has 0 fully saturated rings. The van der Waals surface area contributed by atoms with E-state index in [2.05, 4.69) is 15.9 Å². The summed E-state index contributed by atoms with van der Waals surface area (Å²) in [6.45, 7) is 0. The van der Waals surface area contributed by atoms with Gasteiger partial charge in [-0.2, -0.15) is 0 Å². The maximum absolute atomic E-state index is 10.4. The standard InChI is InChI=1S/C9H7BrN2O3S/c10-7-3-2-6(16-7)9(11)5-1-4-8(15-5)12(13)14/h1-4,9H,11H2. The maximum Gasteiger partial charge on any atom is 0.433 e. The smallest absolute Gasteiger partial charge is 0.404 e. The Morgan fingerprint density at radius 1 is 1.44 bits per heavy atom. The van der Waals surface area contributed by atoms with Gasteiger partial charge in [-0.15, -0.1) is 11.3 Å². The quantitative estimate of drug-likeness (QED) is 0.698. The number of thiophene rings is 1. The molecule has 0 saturated heterocycles. The van der Waals surface area contributed by atoms with Crippen LogP contribution in [0.15, 0.2) is 32.5 Å². The van der Waals surface area contributed by atoms with Gasteiger partial charge in [0.2, 0.25) is 0 Å². The van der Waals surface area contributed by atoms with E-state index in [1.54, 1.807) is 0 Å². The van der Waals surface area contributed by atoms with E-state index in [1.165, 1.54) is 23.5 Å². The molecule has 2 rings (SSSR count). The molecule has 16 heavy (non-hydrogen) atoms. The minimum atomic E-state index is -0.583. The Kier molecular flexibility index (Phi) is 3.08. The number of rotatable bonds is 3. The van der Waals surface area contributed by atoms with Crippen LogP contribution < -0.4 is 5.73 Å². The van der Waals surface area contributed by atoms with E-state index >= 15 is 0 Å². The highest BCUT2D eigenvalue weighted by Gasteiger charge is 2.19. The lowest BCUT2D eigenvalue weighted by molar-refractivity contribution is -0.402. The third-order valence-corrected chi connectivity index (χ3v) is 3.71. The molecule has 2 aromatic rings. The summed E-state index contributed by atoms with van der Waals surface area (Å²) in [6.07, 6.45) is 0. The summed E-state index contributed by atoms with van der Waals surface area (Å²) in [5.74, 6) is 0.0992. The van der Waals surface area contributed by atoms with Gasteiger partial charge in [0, 0.05) is 4.88 Å². The first kappa shape index (κ1) is 11.3. The molecular weight excluding hydrogens is 296 g/mol. The molecular formula is C9H7BrN2O3S. The highest BCUT2D eigenvalue weighted by Crippen LogP contribution is 2.31. The van der Waals surface area contributed by atoms with Gasteiger partial charge in [0.1, 0.15) is 10.7 Å². The van der Waals surface area contributed by atoms with Crippen molar-refractivity contribution >= 4 is 33.2 Å². The summed E-state index contributed by atoms with van der Waals surface area (Å²) in [6, 6.07) is 6.09. The molecule has 0 bridgehead atoms. The minimum absolute atomic E-state index is 0.291. The Balaban J connectivity index is 2.26. The molecule has 84 valence electrons. The number of nitrogens with zero attached hydrogens (tertiary/aromatic N) is 1. The largest absolute Gasteiger partial charge is 0.433 e. The average molecular weight is 303 g/mol. The molecule has 0 spiro atoms. The van der Waals surface area contributed by atoms with Gasteiger partial charge in [0.25, 0.3) is 0 Å². The van der Waals surface area contributed by atoms with Crippen LogP contribution >= 0.6 is 27.3 Å². The number of furan rings is 1. The van der Waals surface area contributed by atoms with Crippen LogP contribution in [-0.4, -0.2) is 4.92 Å². The van der Waals surface area contributed by atoms with Crippen LogP contribution in [0.3, 0.4) is 0 Å². The van der Waals surface area contributed by atoms with E-state index in [9.17, 15) is 10.1 Å². The second kappa shape index (κ2) is 4.36. The van der Waals surface area contributed by atoms with Crippen molar-refractivity contribution in [2.45, 2.75) is 6.04 Å². The van der Waals surface area contributed by atoms with Gasteiger partial charge in [-0.1, -0.05) is 0 Å². The van der Waals surface area contributed by atoms with E-state index in [0.29, 0.717) is 5.76 Å². The third kappa shape index (κ3) is 2.16. The summed E-state index contributed by atoms with van der Waals surface area (Å²) in [5.41, 5.74) is 5.92. The average Bonchev–Trinajstić information content (AvgIpc) is 2.84. The van der Waals surface area contributed by atoms with Gasteiger partial charge >= 0.3 is 5.88 Å². The number of hydrogen-bond donors (Lipinski definition) is 1. The molecule has 5 nitrogen and oxygen atoms in total. The molecule has 0 amide bonds. The van der Waals surface area contributed by atoms with Crippen molar-refractivity contribution in [1.29, 1.82) is 0 Å². The second-order valence-electron chi connectivity index (χ2n) is 3.05. The van der Waals surface area contributed by atoms with Gasteiger partial charge in [0.15, 0.2) is 0 Å². The molecule has 0 aliphatic heterocycles. The first-order valence-corrected chi connectivity index (χ1v) is 5.94. The fourth-order valence-electron chi connectivity index (χ4n) is 1.24. The highest BCUT2D eigenvalue weighted by molar-refractivity contribution is 9.11. The van der Waals surface area contributed by atoms with E-state index in [0.717, 1.165) is 8.66 Å². The Morgan fingerprint density at radius 2 is 2.19 bits per heavy atom. The summed E-state index contributed by atoms with van der Waals surface area (Å²) < 4.78 is 6.00. The minimum Gasteiger partial charge on any atom is -0.404 e. The monoisotopic (exact) mass is 302 g/mol. The van der Waals surface area contributed by atoms with Crippen molar-refractivity contribution in [3.8, 4) is 0 Å². The van der Waals surface area contributed by atoms with E-state index in [4.69, 9.17) is 10.2 Å². The molecule has 0 radical (unpaired) electrons. The Labute approximate surface area is 103 Å². The number of hydrogen-bond acceptors (Lipinski definition) is 5. The van der Waals surface area contributed by atoms with Crippen molar-refractivity contribution < 1.29 is 9.34 Å². The van der Waals surface area contributed by atoms with Crippen molar-refractivity contribution in [2.75, 3.05) is 0 Å². The molecule has 0 aromatic carbocycles. The van der Waals surface area contributed by atoms with Crippen molar-refractivity contribution in [1.82, 2.24) is 0 Å². The molecule has 7 heteroatoms. The van der Waals surface area contributed by atoms with Crippen LogP contribution in [0.4, 0.5) is 5.88 Å². The zero-order valence-corrected chi connectivity index (χ0v) is 10.3. The van der Waals surface area contributed by atoms with Gasteiger partial charge in [-0.05, 0) is 34.1 Å². The predicted octanol–water partition coefficient (Wildman–Crippen LogP) is 3.06. The van der Waals surface area contributed by atoms with E-state index < -0.39 is 11.0 Å². The SMILES string of the molecule is NC(c1ccc([N+](=O)[O-])o1)c1ccc(Br)s1. The zero-order valence-electron chi connectivity index (χ0n) is 7.92. The Morgan fingerprint density at radius 3 is 2.69 bits per heavy atom. The van der Waals surface area contributed by atoms with Gasteiger partial charge in [0.05, 0.1) is 15.9 Å². The van der Waals surface area contributed by atoms with Crippen LogP contribution in [0.25, 0.3) is 0 Å². The van der Waals surface area contributed by atoms with Crippen LogP contribution in [0.1, 0.15) is 16.7 Å². The maximum atomic E-state index is 10.4. The van der Waals surface area contributed by atoms with Crippen molar-refractivity contribution in [3.63, 3.8) is 0 Å². The fraction of sp³-hybridized carbons (Fsp3) is 0.111. The molecule has 0 saturated carbocycles. The normalized spacial score (nSPS) is 12.6. The summed E-state index contributed by atoms with van der Waals surface area (Å²) in [5, 5.41) is 10.4. The summed E-state index contributed by atoms with van der Waals surface area (Å²) in [4.78, 5) is 10.7. The van der Waals surface area contributed by atoms with Crippen LogP contribution in [0.2, 0.25) is 0 Å². The lowest BCUT2D eigenvalue weighted by Crippen LogP contribution is -2.08. The van der Waals surface area contributed by atoms with Crippen LogP contribution in [0.5, 0.6) is 0 Å². The van der Waals surface area contributed by atoms with Crippen molar-refractivity contribution in [2.24, 2.45) is 5.73 Å². The molecule has 2 N–H and O–H groups in total. The zero-order chi connectivity index (χ0) is 11.7. The van der Waals surface area contributed by atoms with Gasteiger partial charge in [-0.3, -0.25) is 10.1 Å².